The zero-order valence-electron chi connectivity index (χ0n) is 17.7. The number of ether oxygens (including phenoxy) is 1. The van der Waals surface area contributed by atoms with Crippen molar-refractivity contribution in [1.29, 1.82) is 0 Å². The number of nitrogens with zero attached hydrogens (tertiary/aromatic N) is 1. The second-order valence-corrected chi connectivity index (χ2v) is 7.73. The molecule has 158 valence electrons. The molecular formula is C23H27N3O4. The molecule has 0 fully saturated rings. The van der Waals surface area contributed by atoms with Crippen molar-refractivity contribution < 1.29 is 19.1 Å². The molecule has 3 amide bonds. The smallest absolute Gasteiger partial charge is 0.339 e. The number of amides is 3. The third kappa shape index (κ3) is 4.45. The number of anilines is 2. The van der Waals surface area contributed by atoms with Gasteiger partial charge in [-0.2, -0.15) is 0 Å². The van der Waals surface area contributed by atoms with E-state index < -0.39 is 18.0 Å². The number of carbonyl (C=O) groups is 3. The molecule has 2 aromatic rings. The first kappa shape index (κ1) is 21.4. The Morgan fingerprint density at radius 3 is 2.53 bits per heavy atom. The van der Waals surface area contributed by atoms with Gasteiger partial charge in [-0.15, -0.1) is 0 Å². The molecule has 0 saturated heterocycles. The summed E-state index contributed by atoms with van der Waals surface area (Å²) in [5.41, 5.74) is 3.48. The maximum atomic E-state index is 13.2. The van der Waals surface area contributed by atoms with Gasteiger partial charge >= 0.3 is 12.0 Å². The summed E-state index contributed by atoms with van der Waals surface area (Å²) in [6.45, 7) is 6.22. The fourth-order valence-corrected chi connectivity index (χ4v) is 3.60. The van der Waals surface area contributed by atoms with Crippen molar-refractivity contribution in [3.05, 3.63) is 59.2 Å². The summed E-state index contributed by atoms with van der Waals surface area (Å²) in [5.74, 6) is -0.813. The summed E-state index contributed by atoms with van der Waals surface area (Å²) in [6.07, 6.45) is 0.796. The highest BCUT2D eigenvalue weighted by Gasteiger charge is 2.33. The molecule has 7 heteroatoms. The van der Waals surface area contributed by atoms with Crippen LogP contribution in [0.15, 0.2) is 42.5 Å². The lowest BCUT2D eigenvalue weighted by molar-refractivity contribution is -0.121. The van der Waals surface area contributed by atoms with E-state index in [1.807, 2.05) is 45.0 Å². The fraction of sp³-hybridized carbons (Fsp3) is 0.348. The molecule has 7 nitrogen and oxygen atoms in total. The number of aryl methyl sites for hydroxylation is 1. The van der Waals surface area contributed by atoms with E-state index in [1.54, 1.807) is 23.1 Å². The summed E-state index contributed by atoms with van der Waals surface area (Å²) in [7, 11) is 1.29. The molecule has 2 N–H and O–H groups in total. The molecule has 3 rings (SSSR count). The minimum Gasteiger partial charge on any atom is -0.465 e. The lowest BCUT2D eigenvalue weighted by Gasteiger charge is -2.27. The van der Waals surface area contributed by atoms with E-state index in [4.69, 9.17) is 4.74 Å². The van der Waals surface area contributed by atoms with Gasteiger partial charge in [-0.25, -0.2) is 9.59 Å². The molecule has 0 saturated carbocycles. The number of hydrogen-bond donors (Lipinski definition) is 2. The summed E-state index contributed by atoms with van der Waals surface area (Å²) in [6, 6.07) is 11.6. The van der Waals surface area contributed by atoms with Gasteiger partial charge in [-0.05, 0) is 48.6 Å². The molecule has 0 unspecified atom stereocenters. The molecule has 1 aliphatic rings. The molecular weight excluding hydrogens is 382 g/mol. The Morgan fingerprint density at radius 1 is 1.10 bits per heavy atom. The van der Waals surface area contributed by atoms with Crippen LogP contribution in [0.5, 0.6) is 0 Å². The van der Waals surface area contributed by atoms with E-state index in [0.717, 1.165) is 23.2 Å². The van der Waals surface area contributed by atoms with Crippen LogP contribution >= 0.6 is 0 Å². The Labute approximate surface area is 176 Å². The topological polar surface area (TPSA) is 87.7 Å². The molecule has 1 aliphatic heterocycles. The number of rotatable bonds is 5. The van der Waals surface area contributed by atoms with E-state index in [9.17, 15) is 14.4 Å². The van der Waals surface area contributed by atoms with Crippen LogP contribution in [0, 0.1) is 12.8 Å². The number of urea groups is 1. The zero-order valence-corrected chi connectivity index (χ0v) is 17.7. The zero-order chi connectivity index (χ0) is 21.8. The molecule has 1 atom stereocenters. The van der Waals surface area contributed by atoms with Crippen LogP contribution < -0.4 is 15.5 Å². The first-order valence-electron chi connectivity index (χ1n) is 9.97. The normalized spacial score (nSPS) is 13.6. The number of benzene rings is 2. The molecule has 0 bridgehead atoms. The molecule has 0 aliphatic carbocycles. The quantitative estimate of drug-likeness (QED) is 0.740. The van der Waals surface area contributed by atoms with Gasteiger partial charge < -0.3 is 20.3 Å². The van der Waals surface area contributed by atoms with Gasteiger partial charge in [-0.1, -0.05) is 38.1 Å². The van der Waals surface area contributed by atoms with Gasteiger partial charge in [0, 0.05) is 12.2 Å². The van der Waals surface area contributed by atoms with Crippen molar-refractivity contribution in [3.8, 4) is 0 Å². The highest BCUT2D eigenvalue weighted by molar-refractivity contribution is 6.04. The van der Waals surface area contributed by atoms with Gasteiger partial charge in [0.15, 0.2) is 0 Å². The van der Waals surface area contributed by atoms with E-state index >= 15 is 0 Å². The van der Waals surface area contributed by atoms with Crippen molar-refractivity contribution in [1.82, 2.24) is 5.32 Å². The molecule has 1 heterocycles. The minimum absolute atomic E-state index is 0.117. The monoisotopic (exact) mass is 409 g/mol. The van der Waals surface area contributed by atoms with Gasteiger partial charge in [0.1, 0.15) is 6.04 Å². The Kier molecular flexibility index (Phi) is 6.40. The van der Waals surface area contributed by atoms with Gasteiger partial charge in [-0.3, -0.25) is 4.79 Å². The van der Waals surface area contributed by atoms with Crippen LogP contribution in [-0.4, -0.2) is 37.6 Å². The first-order chi connectivity index (χ1) is 14.3. The van der Waals surface area contributed by atoms with Crippen LogP contribution in [0.3, 0.4) is 0 Å². The van der Waals surface area contributed by atoms with Crippen LogP contribution in [0.25, 0.3) is 0 Å². The maximum absolute atomic E-state index is 13.2. The standard InChI is InChI=1S/C23H27N3O4/c1-14(2)20(21(27)26-12-11-16-7-5-6-8-19(16)26)25-23(29)24-18-13-15(3)9-10-17(18)22(28)30-4/h5-10,13-14,20H,11-12H2,1-4H3,(H2,24,25,29)/t20-/m1/s1. The third-order valence-corrected chi connectivity index (χ3v) is 5.20. The third-order valence-electron chi connectivity index (χ3n) is 5.20. The SMILES string of the molecule is COC(=O)c1ccc(C)cc1NC(=O)N[C@@H](C(=O)N1CCc2ccccc21)C(C)C. The van der Waals surface area contributed by atoms with Crippen LogP contribution in [0.2, 0.25) is 0 Å². The number of para-hydroxylation sites is 1. The number of hydrogen-bond acceptors (Lipinski definition) is 4. The number of carbonyl (C=O) groups excluding carboxylic acids is 3. The number of nitrogens with one attached hydrogen (secondary N) is 2. The summed E-state index contributed by atoms with van der Waals surface area (Å²) in [5, 5.41) is 5.48. The van der Waals surface area contributed by atoms with Gasteiger partial charge in [0.05, 0.1) is 18.4 Å². The lowest BCUT2D eigenvalue weighted by Crippen LogP contribution is -2.52. The van der Waals surface area contributed by atoms with Crippen LogP contribution in [0.4, 0.5) is 16.2 Å². The number of methoxy groups -OCH3 is 1. The van der Waals surface area contributed by atoms with Crippen LogP contribution in [-0.2, 0) is 16.0 Å². The van der Waals surface area contributed by atoms with Crippen molar-refractivity contribution in [2.45, 2.75) is 33.2 Å². The maximum Gasteiger partial charge on any atom is 0.339 e. The first-order valence-corrected chi connectivity index (χ1v) is 9.97. The fourth-order valence-electron chi connectivity index (χ4n) is 3.60. The van der Waals surface area contributed by atoms with Crippen molar-refractivity contribution in [2.75, 3.05) is 23.9 Å². The van der Waals surface area contributed by atoms with E-state index in [-0.39, 0.29) is 17.4 Å². The average Bonchev–Trinajstić information content (AvgIpc) is 3.15. The minimum atomic E-state index is -0.706. The second kappa shape index (κ2) is 8.98. The largest absolute Gasteiger partial charge is 0.465 e. The van der Waals surface area contributed by atoms with Crippen molar-refractivity contribution in [3.63, 3.8) is 0 Å². The molecule has 2 aromatic carbocycles. The predicted octanol–water partition coefficient (Wildman–Crippen LogP) is 3.52. The highest BCUT2D eigenvalue weighted by atomic mass is 16.5. The Bertz CT molecular complexity index is 971. The lowest BCUT2D eigenvalue weighted by atomic mass is 10.0. The van der Waals surface area contributed by atoms with E-state index in [0.29, 0.717) is 12.2 Å². The molecule has 30 heavy (non-hydrogen) atoms. The predicted molar refractivity (Wildman–Crippen MR) is 116 cm³/mol. The van der Waals surface area contributed by atoms with E-state index in [2.05, 4.69) is 10.6 Å². The molecule has 0 radical (unpaired) electrons. The Balaban J connectivity index is 1.77. The Hall–Kier alpha value is -3.35. The second-order valence-electron chi connectivity index (χ2n) is 7.73. The summed E-state index contributed by atoms with van der Waals surface area (Å²) < 4.78 is 4.79. The summed E-state index contributed by atoms with van der Waals surface area (Å²) in [4.78, 5) is 39.7. The molecule has 0 spiro atoms. The van der Waals surface area contributed by atoms with Crippen LogP contribution in [0.1, 0.15) is 35.3 Å². The van der Waals surface area contributed by atoms with Gasteiger partial charge in [0.2, 0.25) is 5.91 Å². The summed E-state index contributed by atoms with van der Waals surface area (Å²) >= 11 is 0. The van der Waals surface area contributed by atoms with Gasteiger partial charge in [0.25, 0.3) is 0 Å². The van der Waals surface area contributed by atoms with Crippen molar-refractivity contribution >= 4 is 29.3 Å². The number of esters is 1. The number of fused-ring (bicyclic) bond motifs is 1. The van der Waals surface area contributed by atoms with Crippen molar-refractivity contribution in [2.24, 2.45) is 5.92 Å². The average molecular weight is 409 g/mol. The highest BCUT2D eigenvalue weighted by Crippen LogP contribution is 2.28. The van der Waals surface area contributed by atoms with E-state index in [1.165, 1.54) is 7.11 Å². The Morgan fingerprint density at radius 2 is 1.83 bits per heavy atom. The molecule has 0 aromatic heterocycles.